The molecular weight excluding hydrogens is 240 g/mol. The van der Waals surface area contributed by atoms with Crippen molar-refractivity contribution in [2.75, 3.05) is 18.9 Å². The Balaban J connectivity index is 1.81. The molecule has 8 heteroatoms. The largest absolute Gasteiger partial charge is 0.363 e. The van der Waals surface area contributed by atoms with Crippen molar-refractivity contribution < 1.29 is 4.79 Å². The number of imidazole rings is 1. The molecule has 0 saturated heterocycles. The Hall–Kier alpha value is -1.96. The quantitative estimate of drug-likeness (QED) is 0.794. The van der Waals surface area contributed by atoms with Crippen LogP contribution in [-0.4, -0.2) is 39.2 Å². The zero-order valence-corrected chi connectivity index (χ0v) is 10.1. The number of hydrogen-bond acceptors (Lipinski definition) is 6. The molecule has 0 atom stereocenters. The molecule has 90 valence electrons. The summed E-state index contributed by atoms with van der Waals surface area (Å²) in [5, 5.41) is 14.2. The van der Waals surface area contributed by atoms with E-state index < -0.39 is 0 Å². The molecule has 17 heavy (non-hydrogen) atoms. The summed E-state index contributed by atoms with van der Waals surface area (Å²) >= 11 is 1.22. The summed E-state index contributed by atoms with van der Waals surface area (Å²) in [6, 6.07) is 0. The predicted molar refractivity (Wildman–Crippen MR) is 64.0 cm³/mol. The molecule has 0 unspecified atom stereocenters. The Kier molecular flexibility index (Phi) is 3.66. The molecule has 0 bridgehead atoms. The number of nitrogens with one attached hydrogen (secondary N) is 2. The Bertz CT molecular complexity index is 479. The third kappa shape index (κ3) is 3.00. The molecule has 0 aliphatic carbocycles. The van der Waals surface area contributed by atoms with Crippen LogP contribution in [0.3, 0.4) is 0 Å². The van der Waals surface area contributed by atoms with Gasteiger partial charge >= 0.3 is 0 Å². The van der Waals surface area contributed by atoms with Gasteiger partial charge in [0.05, 0.1) is 6.33 Å². The normalized spacial score (nSPS) is 10.2. The van der Waals surface area contributed by atoms with Gasteiger partial charge in [0.25, 0.3) is 5.91 Å². The van der Waals surface area contributed by atoms with E-state index in [-0.39, 0.29) is 5.91 Å². The highest BCUT2D eigenvalue weighted by Crippen LogP contribution is 2.13. The average Bonchev–Trinajstić information content (AvgIpc) is 2.99. The summed E-state index contributed by atoms with van der Waals surface area (Å²) < 4.78 is 1.89. The molecule has 2 aromatic rings. The van der Waals surface area contributed by atoms with Crippen LogP contribution in [0.2, 0.25) is 0 Å². The number of amides is 1. The van der Waals surface area contributed by atoms with E-state index in [2.05, 4.69) is 25.8 Å². The Labute approximate surface area is 102 Å². The number of carbonyl (C=O) groups excluding carboxylic acids is 1. The molecule has 2 rings (SSSR count). The van der Waals surface area contributed by atoms with Gasteiger partial charge in [-0.2, -0.15) is 0 Å². The van der Waals surface area contributed by atoms with Gasteiger partial charge in [-0.1, -0.05) is 11.3 Å². The van der Waals surface area contributed by atoms with Gasteiger partial charge < -0.3 is 15.2 Å². The number of aromatic nitrogens is 4. The summed E-state index contributed by atoms with van der Waals surface area (Å²) in [5.74, 6) is -0.205. The minimum Gasteiger partial charge on any atom is -0.363 e. The first-order valence-electron chi connectivity index (χ1n) is 5.05. The highest BCUT2D eigenvalue weighted by molar-refractivity contribution is 7.17. The Morgan fingerprint density at radius 1 is 1.53 bits per heavy atom. The summed E-state index contributed by atoms with van der Waals surface area (Å²) in [6.45, 7) is 1.22. The molecule has 2 N–H and O–H groups in total. The summed E-state index contributed by atoms with van der Waals surface area (Å²) in [4.78, 5) is 15.6. The molecule has 0 radical (unpaired) electrons. The zero-order chi connectivity index (χ0) is 12.1. The highest BCUT2D eigenvalue weighted by Gasteiger charge is 2.11. The maximum atomic E-state index is 11.6. The van der Waals surface area contributed by atoms with Gasteiger partial charge in [-0.3, -0.25) is 4.79 Å². The van der Waals surface area contributed by atoms with Crippen molar-refractivity contribution >= 4 is 22.4 Å². The van der Waals surface area contributed by atoms with Crippen LogP contribution in [0.1, 0.15) is 9.80 Å². The average molecular weight is 252 g/mol. The van der Waals surface area contributed by atoms with E-state index >= 15 is 0 Å². The Morgan fingerprint density at radius 2 is 2.41 bits per heavy atom. The molecule has 0 aliphatic rings. The minimum atomic E-state index is -0.205. The fourth-order valence-electron chi connectivity index (χ4n) is 1.21. The van der Waals surface area contributed by atoms with E-state index in [0.717, 1.165) is 0 Å². The van der Waals surface area contributed by atoms with Crippen LogP contribution < -0.4 is 10.6 Å². The molecule has 0 saturated carbocycles. The maximum absolute atomic E-state index is 11.6. The lowest BCUT2D eigenvalue weighted by Crippen LogP contribution is -2.26. The number of carbonyl (C=O) groups is 1. The third-order valence-corrected chi connectivity index (χ3v) is 2.99. The van der Waals surface area contributed by atoms with Crippen molar-refractivity contribution in [3.05, 3.63) is 23.7 Å². The number of rotatable bonds is 5. The minimum absolute atomic E-state index is 0.205. The van der Waals surface area contributed by atoms with Gasteiger partial charge in [-0.25, -0.2) is 4.98 Å². The van der Waals surface area contributed by atoms with E-state index in [0.29, 0.717) is 23.2 Å². The number of hydrogen-bond donors (Lipinski definition) is 2. The molecule has 0 aromatic carbocycles. The first kappa shape index (κ1) is 11.5. The monoisotopic (exact) mass is 252 g/mol. The highest BCUT2D eigenvalue weighted by atomic mass is 32.1. The van der Waals surface area contributed by atoms with Gasteiger partial charge in [-0.15, -0.1) is 10.2 Å². The third-order valence-electron chi connectivity index (χ3n) is 2.05. The van der Waals surface area contributed by atoms with Crippen LogP contribution in [0.4, 0.5) is 5.13 Å². The van der Waals surface area contributed by atoms with Gasteiger partial charge in [-0.05, 0) is 0 Å². The topological polar surface area (TPSA) is 84.7 Å². The lowest BCUT2D eigenvalue weighted by molar-refractivity contribution is 0.0951. The van der Waals surface area contributed by atoms with Crippen LogP contribution in [-0.2, 0) is 6.54 Å². The molecule has 0 aliphatic heterocycles. The predicted octanol–water partition coefficient (Wildman–Crippen LogP) is 0.206. The smallest absolute Gasteiger partial charge is 0.282 e. The van der Waals surface area contributed by atoms with Crippen molar-refractivity contribution in [1.82, 2.24) is 25.1 Å². The second-order valence-corrected chi connectivity index (χ2v) is 4.20. The van der Waals surface area contributed by atoms with Crippen molar-refractivity contribution in [3.63, 3.8) is 0 Å². The van der Waals surface area contributed by atoms with Crippen molar-refractivity contribution in [2.24, 2.45) is 0 Å². The van der Waals surface area contributed by atoms with Gasteiger partial charge in [0, 0.05) is 32.5 Å². The van der Waals surface area contributed by atoms with E-state index in [1.807, 2.05) is 10.8 Å². The van der Waals surface area contributed by atoms with E-state index in [1.165, 1.54) is 11.3 Å². The second-order valence-electron chi connectivity index (χ2n) is 3.22. The van der Waals surface area contributed by atoms with Crippen LogP contribution >= 0.6 is 11.3 Å². The molecule has 2 heterocycles. The van der Waals surface area contributed by atoms with E-state index in [9.17, 15) is 4.79 Å². The SMILES string of the molecule is CNc1nnc(C(=O)NCCn2ccnc2)s1. The van der Waals surface area contributed by atoms with Crippen LogP contribution in [0.25, 0.3) is 0 Å². The molecule has 2 aromatic heterocycles. The molecule has 0 fully saturated rings. The molecule has 7 nitrogen and oxygen atoms in total. The van der Waals surface area contributed by atoms with Crippen LogP contribution in [0.15, 0.2) is 18.7 Å². The van der Waals surface area contributed by atoms with E-state index in [1.54, 1.807) is 19.6 Å². The summed E-state index contributed by atoms with van der Waals surface area (Å²) in [7, 11) is 1.74. The zero-order valence-electron chi connectivity index (χ0n) is 9.25. The maximum Gasteiger partial charge on any atom is 0.282 e. The van der Waals surface area contributed by atoms with Crippen molar-refractivity contribution in [2.45, 2.75) is 6.54 Å². The Morgan fingerprint density at radius 3 is 3.06 bits per heavy atom. The number of nitrogens with zero attached hydrogens (tertiary/aromatic N) is 4. The standard InChI is InChI=1S/C9H12N6OS/c1-10-9-14-13-8(17-9)7(16)12-3-5-15-4-2-11-6-15/h2,4,6H,3,5H2,1H3,(H,10,14)(H,12,16). The lowest BCUT2D eigenvalue weighted by Gasteiger charge is -2.02. The summed E-state index contributed by atoms with van der Waals surface area (Å²) in [5.41, 5.74) is 0. The van der Waals surface area contributed by atoms with Crippen molar-refractivity contribution in [3.8, 4) is 0 Å². The van der Waals surface area contributed by atoms with Gasteiger partial charge in [0.15, 0.2) is 0 Å². The second kappa shape index (κ2) is 5.39. The lowest BCUT2D eigenvalue weighted by atomic mass is 10.5. The first-order chi connectivity index (χ1) is 8.29. The first-order valence-corrected chi connectivity index (χ1v) is 5.86. The van der Waals surface area contributed by atoms with E-state index in [4.69, 9.17) is 0 Å². The van der Waals surface area contributed by atoms with Gasteiger partial charge in [0.2, 0.25) is 10.1 Å². The summed E-state index contributed by atoms with van der Waals surface area (Å²) in [6.07, 6.45) is 5.25. The van der Waals surface area contributed by atoms with Crippen molar-refractivity contribution in [1.29, 1.82) is 0 Å². The molecule has 1 amide bonds. The number of anilines is 1. The van der Waals surface area contributed by atoms with Gasteiger partial charge in [0.1, 0.15) is 0 Å². The van der Waals surface area contributed by atoms with Crippen LogP contribution in [0, 0.1) is 0 Å². The molecule has 0 spiro atoms. The fourth-order valence-corrected chi connectivity index (χ4v) is 1.82. The molecular formula is C9H12N6OS. The van der Waals surface area contributed by atoms with Crippen LogP contribution in [0.5, 0.6) is 0 Å². The fraction of sp³-hybridized carbons (Fsp3) is 0.333.